The molecule has 106 valence electrons. The molecule has 2 heterocycles. The van der Waals surface area contributed by atoms with E-state index in [0.29, 0.717) is 11.5 Å². The average Bonchev–Trinajstić information content (AvgIpc) is 3.11. The van der Waals surface area contributed by atoms with Crippen molar-refractivity contribution in [1.82, 2.24) is 20.4 Å². The first-order valence-electron chi connectivity index (χ1n) is 6.59. The standard InChI is InChI=1S/C15H15N5O/c1-9-10(2)17-20-14(9)16-15(21)13-8-12(18-19-13)11-6-4-3-5-7-11/h3-8H,1-2H3,(H,18,19)(H2,16,17,20,21). The summed E-state index contributed by atoms with van der Waals surface area (Å²) in [4.78, 5) is 12.2. The van der Waals surface area contributed by atoms with Gasteiger partial charge in [-0.25, -0.2) is 0 Å². The number of aryl methyl sites for hydroxylation is 1. The van der Waals surface area contributed by atoms with Gasteiger partial charge >= 0.3 is 0 Å². The minimum absolute atomic E-state index is 0.265. The Hall–Kier alpha value is -2.89. The van der Waals surface area contributed by atoms with Crippen LogP contribution in [0.2, 0.25) is 0 Å². The van der Waals surface area contributed by atoms with E-state index in [9.17, 15) is 4.79 Å². The summed E-state index contributed by atoms with van der Waals surface area (Å²) in [6, 6.07) is 11.4. The largest absolute Gasteiger partial charge is 0.304 e. The summed E-state index contributed by atoms with van der Waals surface area (Å²) in [7, 11) is 0. The molecule has 3 rings (SSSR count). The number of benzene rings is 1. The van der Waals surface area contributed by atoms with Crippen LogP contribution in [0.15, 0.2) is 36.4 Å². The number of aromatic nitrogens is 4. The predicted octanol–water partition coefficient (Wildman–Crippen LogP) is 2.67. The lowest BCUT2D eigenvalue weighted by Crippen LogP contribution is -2.13. The van der Waals surface area contributed by atoms with Gasteiger partial charge in [0.15, 0.2) is 5.82 Å². The lowest BCUT2D eigenvalue weighted by atomic mass is 10.1. The van der Waals surface area contributed by atoms with Crippen molar-refractivity contribution in [2.24, 2.45) is 0 Å². The van der Waals surface area contributed by atoms with E-state index in [1.54, 1.807) is 6.07 Å². The van der Waals surface area contributed by atoms with Crippen molar-refractivity contribution in [3.8, 4) is 11.3 Å². The number of hydrogen-bond donors (Lipinski definition) is 3. The third-order valence-corrected chi connectivity index (χ3v) is 3.38. The minimum Gasteiger partial charge on any atom is -0.304 e. The third kappa shape index (κ3) is 2.55. The van der Waals surface area contributed by atoms with Crippen molar-refractivity contribution < 1.29 is 4.79 Å². The number of nitrogens with zero attached hydrogens (tertiary/aromatic N) is 2. The summed E-state index contributed by atoms with van der Waals surface area (Å²) in [5, 5.41) is 16.6. The first-order chi connectivity index (χ1) is 10.1. The van der Waals surface area contributed by atoms with Gasteiger partial charge in [0.25, 0.3) is 5.91 Å². The molecule has 6 nitrogen and oxygen atoms in total. The van der Waals surface area contributed by atoms with E-state index < -0.39 is 0 Å². The highest BCUT2D eigenvalue weighted by Crippen LogP contribution is 2.18. The van der Waals surface area contributed by atoms with Crippen LogP contribution < -0.4 is 5.32 Å². The van der Waals surface area contributed by atoms with Crippen LogP contribution in [0.4, 0.5) is 5.82 Å². The van der Waals surface area contributed by atoms with Crippen LogP contribution in [0, 0.1) is 13.8 Å². The number of H-pyrrole nitrogens is 2. The molecular weight excluding hydrogens is 266 g/mol. The smallest absolute Gasteiger partial charge is 0.274 e. The molecule has 3 aromatic rings. The topological polar surface area (TPSA) is 86.5 Å². The Bertz CT molecular complexity index is 772. The zero-order valence-corrected chi connectivity index (χ0v) is 11.8. The molecule has 1 aromatic carbocycles. The molecule has 1 amide bonds. The summed E-state index contributed by atoms with van der Waals surface area (Å²) in [5.41, 5.74) is 3.94. The van der Waals surface area contributed by atoms with Crippen molar-refractivity contribution in [1.29, 1.82) is 0 Å². The van der Waals surface area contributed by atoms with E-state index in [0.717, 1.165) is 22.5 Å². The Morgan fingerprint density at radius 2 is 1.86 bits per heavy atom. The molecule has 0 spiro atoms. The SMILES string of the molecule is Cc1[nH]nc(NC(=O)c2cc(-c3ccccc3)n[nH]2)c1C. The van der Waals surface area contributed by atoms with Crippen LogP contribution in [-0.4, -0.2) is 26.3 Å². The fourth-order valence-corrected chi connectivity index (χ4v) is 1.98. The fraction of sp³-hybridized carbons (Fsp3) is 0.133. The first kappa shape index (κ1) is 13.1. The van der Waals surface area contributed by atoms with Crippen molar-refractivity contribution >= 4 is 11.7 Å². The Morgan fingerprint density at radius 3 is 2.52 bits per heavy atom. The van der Waals surface area contributed by atoms with Gasteiger partial charge in [0.05, 0.1) is 5.69 Å². The lowest BCUT2D eigenvalue weighted by Gasteiger charge is -2.00. The van der Waals surface area contributed by atoms with Gasteiger partial charge in [-0.05, 0) is 19.9 Å². The monoisotopic (exact) mass is 281 g/mol. The predicted molar refractivity (Wildman–Crippen MR) is 80.0 cm³/mol. The molecule has 0 bridgehead atoms. The van der Waals surface area contributed by atoms with Crippen LogP contribution >= 0.6 is 0 Å². The normalized spacial score (nSPS) is 10.6. The summed E-state index contributed by atoms with van der Waals surface area (Å²) < 4.78 is 0. The van der Waals surface area contributed by atoms with E-state index in [1.807, 2.05) is 44.2 Å². The fourth-order valence-electron chi connectivity index (χ4n) is 1.98. The van der Waals surface area contributed by atoms with Crippen LogP contribution in [0.3, 0.4) is 0 Å². The zero-order valence-electron chi connectivity index (χ0n) is 11.8. The van der Waals surface area contributed by atoms with Crippen molar-refractivity contribution in [3.63, 3.8) is 0 Å². The highest BCUT2D eigenvalue weighted by atomic mass is 16.2. The van der Waals surface area contributed by atoms with Crippen LogP contribution in [0.25, 0.3) is 11.3 Å². The second kappa shape index (κ2) is 5.24. The number of anilines is 1. The summed E-state index contributed by atoms with van der Waals surface area (Å²) in [6.07, 6.45) is 0. The third-order valence-electron chi connectivity index (χ3n) is 3.38. The maximum atomic E-state index is 12.2. The number of carbonyl (C=O) groups excluding carboxylic acids is 1. The molecule has 0 unspecified atom stereocenters. The summed E-state index contributed by atoms with van der Waals surface area (Å²) in [6.45, 7) is 3.80. The van der Waals surface area contributed by atoms with Gasteiger partial charge in [0, 0.05) is 16.8 Å². The van der Waals surface area contributed by atoms with Gasteiger partial charge < -0.3 is 5.32 Å². The molecule has 0 aliphatic carbocycles. The number of aromatic amines is 2. The number of nitrogens with one attached hydrogen (secondary N) is 3. The quantitative estimate of drug-likeness (QED) is 0.689. The number of amides is 1. The molecule has 0 radical (unpaired) electrons. The Balaban J connectivity index is 1.80. The van der Waals surface area contributed by atoms with Crippen molar-refractivity contribution in [2.75, 3.05) is 5.32 Å². The van der Waals surface area contributed by atoms with E-state index in [1.165, 1.54) is 0 Å². The second-order valence-corrected chi connectivity index (χ2v) is 4.81. The van der Waals surface area contributed by atoms with Gasteiger partial charge in [-0.15, -0.1) is 0 Å². The summed E-state index contributed by atoms with van der Waals surface area (Å²) in [5.74, 6) is 0.271. The molecule has 6 heteroatoms. The number of carbonyl (C=O) groups is 1. The second-order valence-electron chi connectivity index (χ2n) is 4.81. The van der Waals surface area contributed by atoms with Crippen LogP contribution in [0.5, 0.6) is 0 Å². The van der Waals surface area contributed by atoms with Gasteiger partial charge in [-0.1, -0.05) is 30.3 Å². The van der Waals surface area contributed by atoms with Gasteiger partial charge in [0.2, 0.25) is 0 Å². The number of hydrogen-bond acceptors (Lipinski definition) is 3. The molecule has 0 saturated heterocycles. The van der Waals surface area contributed by atoms with Gasteiger partial charge in [0.1, 0.15) is 5.69 Å². The Kier molecular flexibility index (Phi) is 3.27. The van der Waals surface area contributed by atoms with E-state index in [-0.39, 0.29) is 5.91 Å². The first-order valence-corrected chi connectivity index (χ1v) is 6.59. The minimum atomic E-state index is -0.265. The molecule has 0 atom stereocenters. The Labute approximate surface area is 121 Å². The molecule has 0 fully saturated rings. The molecule has 2 aromatic heterocycles. The highest BCUT2D eigenvalue weighted by molar-refractivity contribution is 6.03. The molecule has 3 N–H and O–H groups in total. The summed E-state index contributed by atoms with van der Waals surface area (Å²) >= 11 is 0. The van der Waals surface area contributed by atoms with E-state index in [2.05, 4.69) is 25.7 Å². The molecule has 0 aliphatic heterocycles. The van der Waals surface area contributed by atoms with Crippen molar-refractivity contribution in [2.45, 2.75) is 13.8 Å². The maximum absolute atomic E-state index is 12.2. The molecule has 21 heavy (non-hydrogen) atoms. The highest BCUT2D eigenvalue weighted by Gasteiger charge is 2.14. The van der Waals surface area contributed by atoms with Crippen LogP contribution in [0.1, 0.15) is 21.7 Å². The van der Waals surface area contributed by atoms with E-state index >= 15 is 0 Å². The average molecular weight is 281 g/mol. The van der Waals surface area contributed by atoms with Crippen LogP contribution in [-0.2, 0) is 0 Å². The molecule has 0 saturated carbocycles. The Morgan fingerprint density at radius 1 is 1.10 bits per heavy atom. The van der Waals surface area contributed by atoms with Crippen molar-refractivity contribution in [3.05, 3.63) is 53.3 Å². The van der Waals surface area contributed by atoms with E-state index in [4.69, 9.17) is 0 Å². The molecular formula is C15H15N5O. The molecule has 0 aliphatic rings. The van der Waals surface area contributed by atoms with Gasteiger partial charge in [-0.2, -0.15) is 10.2 Å². The number of rotatable bonds is 3. The maximum Gasteiger partial charge on any atom is 0.274 e. The zero-order chi connectivity index (χ0) is 14.8. The lowest BCUT2D eigenvalue weighted by molar-refractivity contribution is 0.102. The van der Waals surface area contributed by atoms with Gasteiger partial charge in [-0.3, -0.25) is 15.0 Å².